The summed E-state index contributed by atoms with van der Waals surface area (Å²) in [5.41, 5.74) is 1.44. The maximum absolute atomic E-state index is 13.6. The van der Waals surface area contributed by atoms with Crippen LogP contribution in [-0.4, -0.2) is 28.0 Å². The average molecular weight is 438 g/mol. The number of anilines is 3. The molecule has 0 radical (unpaired) electrons. The fraction of sp³-hybridized carbons (Fsp3) is 0.217. The van der Waals surface area contributed by atoms with Crippen LogP contribution in [0.4, 0.5) is 21.7 Å². The summed E-state index contributed by atoms with van der Waals surface area (Å²) < 4.78 is 19.8. The van der Waals surface area contributed by atoms with Crippen molar-refractivity contribution in [1.29, 1.82) is 0 Å². The molecule has 0 aliphatic rings. The minimum atomic E-state index is -0.563. The van der Waals surface area contributed by atoms with E-state index >= 15 is 0 Å². The van der Waals surface area contributed by atoms with Gasteiger partial charge in [0.2, 0.25) is 11.9 Å². The molecule has 0 unspecified atom stereocenters. The monoisotopic (exact) mass is 438 g/mol. The van der Waals surface area contributed by atoms with E-state index in [0.717, 1.165) is 4.57 Å². The van der Waals surface area contributed by atoms with Crippen molar-refractivity contribution in [2.45, 2.75) is 27.3 Å². The van der Waals surface area contributed by atoms with Gasteiger partial charge in [0.05, 0.1) is 17.9 Å². The Balaban J connectivity index is 1.86. The smallest absolute Gasteiger partial charge is 0.340 e. The lowest BCUT2D eigenvalue weighted by Gasteiger charge is -2.15. The van der Waals surface area contributed by atoms with Crippen molar-refractivity contribution in [1.82, 2.24) is 9.55 Å². The highest BCUT2D eigenvalue weighted by Crippen LogP contribution is 2.19. The van der Waals surface area contributed by atoms with E-state index in [0.29, 0.717) is 16.9 Å². The summed E-state index contributed by atoms with van der Waals surface area (Å²) in [6.07, 6.45) is 0. The number of nitrogens with zero attached hydrogens (tertiary/aromatic N) is 2. The van der Waals surface area contributed by atoms with Crippen molar-refractivity contribution >= 4 is 29.2 Å². The molecule has 0 aliphatic heterocycles. The zero-order valence-corrected chi connectivity index (χ0v) is 17.9. The summed E-state index contributed by atoms with van der Waals surface area (Å²) in [7, 11) is 0. The molecule has 9 heteroatoms. The molecule has 0 spiro atoms. The summed E-state index contributed by atoms with van der Waals surface area (Å²) in [6, 6.07) is 12.1. The second kappa shape index (κ2) is 9.86. The molecule has 32 heavy (non-hydrogen) atoms. The number of para-hydroxylation sites is 1. The number of benzene rings is 2. The van der Waals surface area contributed by atoms with Crippen LogP contribution in [0.2, 0.25) is 0 Å². The Morgan fingerprint density at radius 3 is 2.59 bits per heavy atom. The Hall–Kier alpha value is -4.01. The third-order valence-corrected chi connectivity index (χ3v) is 4.55. The minimum Gasteiger partial charge on any atom is -0.462 e. The average Bonchev–Trinajstić information content (AvgIpc) is 2.74. The van der Waals surface area contributed by atoms with Crippen molar-refractivity contribution in [2.75, 3.05) is 17.2 Å². The molecule has 2 aromatic carbocycles. The van der Waals surface area contributed by atoms with Gasteiger partial charge in [-0.15, -0.1) is 0 Å². The number of amides is 1. The normalized spacial score (nSPS) is 10.5. The predicted octanol–water partition coefficient (Wildman–Crippen LogP) is 3.56. The molecule has 8 nitrogen and oxygen atoms in total. The van der Waals surface area contributed by atoms with E-state index in [2.05, 4.69) is 15.6 Å². The topological polar surface area (TPSA) is 102 Å². The third-order valence-electron chi connectivity index (χ3n) is 4.55. The second-order valence-corrected chi connectivity index (χ2v) is 7.05. The molecule has 2 N–H and O–H groups in total. The van der Waals surface area contributed by atoms with E-state index in [-0.39, 0.29) is 36.2 Å². The number of nitrogens with one attached hydrogen (secondary N) is 2. The Morgan fingerprint density at radius 2 is 1.88 bits per heavy atom. The number of aromatic nitrogens is 2. The van der Waals surface area contributed by atoms with E-state index in [1.807, 2.05) is 0 Å². The highest BCUT2D eigenvalue weighted by atomic mass is 19.1. The SMILES string of the molecule is CCOC(=O)c1ccccc1NC(=O)Cn1c(Nc2ccc(F)c(C)c2)nc(C)cc1=O. The van der Waals surface area contributed by atoms with E-state index in [1.54, 1.807) is 45.0 Å². The molecule has 0 atom stereocenters. The van der Waals surface area contributed by atoms with Gasteiger partial charge in [0.15, 0.2) is 0 Å². The number of hydrogen-bond donors (Lipinski definition) is 2. The number of rotatable bonds is 7. The molecular weight excluding hydrogens is 415 g/mol. The van der Waals surface area contributed by atoms with E-state index in [9.17, 15) is 18.8 Å². The van der Waals surface area contributed by atoms with E-state index < -0.39 is 17.4 Å². The molecule has 1 amide bonds. The number of carbonyl (C=O) groups excluding carboxylic acids is 2. The zero-order chi connectivity index (χ0) is 23.3. The van der Waals surface area contributed by atoms with Gasteiger partial charge in [0.1, 0.15) is 12.4 Å². The van der Waals surface area contributed by atoms with Crippen LogP contribution in [0, 0.1) is 19.7 Å². The van der Waals surface area contributed by atoms with Crippen LogP contribution in [0.25, 0.3) is 0 Å². The standard InChI is InChI=1S/C23H23FN4O4/c1-4-32-22(31)17-7-5-6-8-19(17)27-20(29)13-28-21(30)12-15(3)25-23(28)26-16-9-10-18(24)14(2)11-16/h5-12H,4,13H2,1-3H3,(H,25,26)(H,27,29). The lowest BCUT2D eigenvalue weighted by atomic mass is 10.2. The van der Waals surface area contributed by atoms with Gasteiger partial charge < -0.3 is 15.4 Å². The van der Waals surface area contributed by atoms with Crippen LogP contribution in [0.5, 0.6) is 0 Å². The van der Waals surface area contributed by atoms with Crippen LogP contribution in [0.1, 0.15) is 28.5 Å². The predicted molar refractivity (Wildman–Crippen MR) is 119 cm³/mol. The summed E-state index contributed by atoms with van der Waals surface area (Å²) >= 11 is 0. The molecule has 1 aromatic heterocycles. The highest BCUT2D eigenvalue weighted by Gasteiger charge is 2.16. The first-order valence-electron chi connectivity index (χ1n) is 9.96. The van der Waals surface area contributed by atoms with Crippen molar-refractivity contribution in [3.63, 3.8) is 0 Å². The van der Waals surface area contributed by atoms with Crippen LogP contribution >= 0.6 is 0 Å². The van der Waals surface area contributed by atoms with Crippen LogP contribution in [0.15, 0.2) is 53.3 Å². The number of ether oxygens (including phenoxy) is 1. The molecule has 3 aromatic rings. The minimum absolute atomic E-state index is 0.134. The second-order valence-electron chi connectivity index (χ2n) is 7.05. The van der Waals surface area contributed by atoms with Gasteiger partial charge in [0, 0.05) is 17.4 Å². The van der Waals surface area contributed by atoms with Gasteiger partial charge in [-0.2, -0.15) is 0 Å². The van der Waals surface area contributed by atoms with Crippen molar-refractivity contribution in [3.05, 3.63) is 81.5 Å². The summed E-state index contributed by atoms with van der Waals surface area (Å²) in [4.78, 5) is 41.8. The van der Waals surface area contributed by atoms with Gasteiger partial charge in [0.25, 0.3) is 5.56 Å². The first-order valence-corrected chi connectivity index (χ1v) is 9.96. The third kappa shape index (κ3) is 5.37. The largest absolute Gasteiger partial charge is 0.462 e. The van der Waals surface area contributed by atoms with Gasteiger partial charge in [-0.25, -0.2) is 14.2 Å². The lowest BCUT2D eigenvalue weighted by molar-refractivity contribution is -0.116. The molecule has 166 valence electrons. The van der Waals surface area contributed by atoms with Gasteiger partial charge in [-0.1, -0.05) is 12.1 Å². The molecule has 1 heterocycles. The van der Waals surface area contributed by atoms with Crippen LogP contribution in [0.3, 0.4) is 0 Å². The lowest BCUT2D eigenvalue weighted by Crippen LogP contribution is -2.30. The Kier molecular flexibility index (Phi) is 6.99. The molecule has 3 rings (SSSR count). The Labute approximate surface area is 184 Å². The molecule has 0 bridgehead atoms. The Bertz CT molecular complexity index is 1220. The fourth-order valence-corrected chi connectivity index (χ4v) is 3.03. The van der Waals surface area contributed by atoms with Gasteiger partial charge >= 0.3 is 5.97 Å². The first kappa shape index (κ1) is 22.7. The molecular formula is C23H23FN4O4. The number of esters is 1. The summed E-state index contributed by atoms with van der Waals surface area (Å²) in [5, 5.41) is 5.61. The molecule has 0 aliphatic carbocycles. The van der Waals surface area contributed by atoms with E-state index in [4.69, 9.17) is 4.74 Å². The highest BCUT2D eigenvalue weighted by molar-refractivity contribution is 6.01. The van der Waals surface area contributed by atoms with Crippen LogP contribution in [-0.2, 0) is 16.1 Å². The maximum Gasteiger partial charge on any atom is 0.340 e. The van der Waals surface area contributed by atoms with Crippen LogP contribution < -0.4 is 16.2 Å². The molecule has 0 fully saturated rings. The zero-order valence-electron chi connectivity index (χ0n) is 17.9. The van der Waals surface area contributed by atoms with Gasteiger partial charge in [-0.3, -0.25) is 14.2 Å². The Morgan fingerprint density at radius 1 is 1.12 bits per heavy atom. The molecule has 0 saturated carbocycles. The summed E-state index contributed by atoms with van der Waals surface area (Å²) in [5.74, 6) is -1.32. The number of carbonyl (C=O) groups is 2. The van der Waals surface area contributed by atoms with Crippen molar-refractivity contribution < 1.29 is 18.7 Å². The van der Waals surface area contributed by atoms with E-state index in [1.165, 1.54) is 24.3 Å². The first-order chi connectivity index (χ1) is 15.3. The number of halogens is 1. The quantitative estimate of drug-likeness (QED) is 0.547. The van der Waals surface area contributed by atoms with Gasteiger partial charge in [-0.05, 0) is 56.7 Å². The summed E-state index contributed by atoms with van der Waals surface area (Å²) in [6.45, 7) is 4.80. The molecule has 0 saturated heterocycles. The fourth-order valence-electron chi connectivity index (χ4n) is 3.03. The number of hydrogen-bond acceptors (Lipinski definition) is 6. The number of aryl methyl sites for hydroxylation is 2. The van der Waals surface area contributed by atoms with Crippen molar-refractivity contribution in [3.8, 4) is 0 Å². The van der Waals surface area contributed by atoms with Crippen molar-refractivity contribution in [2.24, 2.45) is 0 Å². The maximum atomic E-state index is 13.6.